The predicted molar refractivity (Wildman–Crippen MR) is 112 cm³/mol. The number of halogens is 1. The number of rotatable bonds is 3. The van der Waals surface area contributed by atoms with E-state index in [1.165, 1.54) is 12.1 Å². The van der Waals surface area contributed by atoms with Crippen molar-refractivity contribution in [3.05, 3.63) is 65.0 Å². The van der Waals surface area contributed by atoms with Crippen molar-refractivity contribution in [1.29, 1.82) is 0 Å². The first kappa shape index (κ1) is 18.7. The second kappa shape index (κ2) is 6.87. The molecule has 150 valence electrons. The van der Waals surface area contributed by atoms with E-state index in [1.807, 2.05) is 36.1 Å². The number of hydrogen-bond acceptors (Lipinski definition) is 3. The van der Waals surface area contributed by atoms with Crippen molar-refractivity contribution in [3.8, 4) is 0 Å². The molecule has 6 heteroatoms. The molecule has 1 spiro atoms. The standard InChI is InChI=1S/C23H23FN2O2S/c1-15-8-9-20-19(12-15)23(26(10-11-29-23)21(27)17-5-3-6-17)22(28)25(20)14-16-4-2-7-18(24)13-16/h2,4,7-9,12-13,17H,3,5-6,10-11,14H2,1H3/t23-/m0/s1. The highest BCUT2D eigenvalue weighted by molar-refractivity contribution is 8.01. The molecule has 29 heavy (non-hydrogen) atoms. The Kier molecular flexibility index (Phi) is 4.42. The van der Waals surface area contributed by atoms with Crippen LogP contribution in [-0.2, 0) is 21.0 Å². The van der Waals surface area contributed by atoms with E-state index in [-0.39, 0.29) is 23.5 Å². The zero-order chi connectivity index (χ0) is 20.2. The van der Waals surface area contributed by atoms with Gasteiger partial charge in [0.1, 0.15) is 5.82 Å². The van der Waals surface area contributed by atoms with Crippen LogP contribution in [0, 0.1) is 18.7 Å². The van der Waals surface area contributed by atoms with Gasteiger partial charge in [-0.25, -0.2) is 4.39 Å². The van der Waals surface area contributed by atoms with Gasteiger partial charge in [0.25, 0.3) is 5.91 Å². The first-order valence-electron chi connectivity index (χ1n) is 10.1. The van der Waals surface area contributed by atoms with Crippen LogP contribution in [-0.4, -0.2) is 29.0 Å². The Morgan fingerprint density at radius 1 is 1.24 bits per heavy atom. The van der Waals surface area contributed by atoms with Crippen LogP contribution in [0.1, 0.15) is 36.0 Å². The van der Waals surface area contributed by atoms with E-state index < -0.39 is 4.87 Å². The van der Waals surface area contributed by atoms with E-state index >= 15 is 0 Å². The first-order chi connectivity index (χ1) is 14.0. The predicted octanol–water partition coefficient (Wildman–Crippen LogP) is 4.21. The summed E-state index contributed by atoms with van der Waals surface area (Å²) in [5.41, 5.74) is 3.52. The number of amides is 2. The Bertz CT molecular complexity index is 1010. The highest BCUT2D eigenvalue weighted by atomic mass is 32.2. The van der Waals surface area contributed by atoms with Gasteiger partial charge in [0.15, 0.2) is 4.87 Å². The largest absolute Gasteiger partial charge is 0.315 e. The van der Waals surface area contributed by atoms with Crippen molar-refractivity contribution in [3.63, 3.8) is 0 Å². The molecule has 3 aliphatic rings. The van der Waals surface area contributed by atoms with Crippen LogP contribution >= 0.6 is 11.8 Å². The van der Waals surface area contributed by atoms with Crippen molar-refractivity contribution in [1.82, 2.24) is 4.90 Å². The van der Waals surface area contributed by atoms with Gasteiger partial charge >= 0.3 is 0 Å². The number of aryl methyl sites for hydroxylation is 1. The number of carbonyl (C=O) groups excluding carboxylic acids is 2. The van der Waals surface area contributed by atoms with Gasteiger partial charge in [0.05, 0.1) is 12.2 Å². The average molecular weight is 411 g/mol. The van der Waals surface area contributed by atoms with Gasteiger partial charge in [0.2, 0.25) is 5.91 Å². The number of benzene rings is 2. The molecule has 2 aliphatic heterocycles. The zero-order valence-electron chi connectivity index (χ0n) is 16.4. The highest BCUT2D eigenvalue weighted by Crippen LogP contribution is 2.55. The fraction of sp³-hybridized carbons (Fsp3) is 0.391. The van der Waals surface area contributed by atoms with E-state index in [9.17, 15) is 14.0 Å². The summed E-state index contributed by atoms with van der Waals surface area (Å²) in [5.74, 6) is 0.492. The number of thioether (sulfide) groups is 1. The summed E-state index contributed by atoms with van der Waals surface area (Å²) < 4.78 is 13.7. The van der Waals surface area contributed by atoms with Gasteiger partial charge in [-0.3, -0.25) is 9.59 Å². The van der Waals surface area contributed by atoms with E-state index in [0.717, 1.165) is 47.4 Å². The van der Waals surface area contributed by atoms with Gasteiger partial charge in [0, 0.05) is 23.8 Å². The number of anilines is 1. The van der Waals surface area contributed by atoms with Gasteiger partial charge in [-0.2, -0.15) is 0 Å². The Morgan fingerprint density at radius 3 is 2.79 bits per heavy atom. The molecule has 1 aliphatic carbocycles. The Balaban J connectivity index is 1.58. The number of hydrogen-bond donors (Lipinski definition) is 0. The molecule has 1 saturated carbocycles. The summed E-state index contributed by atoms with van der Waals surface area (Å²) in [6.45, 7) is 2.89. The first-order valence-corrected chi connectivity index (χ1v) is 11.1. The third kappa shape index (κ3) is 2.80. The maximum Gasteiger partial charge on any atom is 0.268 e. The molecule has 2 amide bonds. The summed E-state index contributed by atoms with van der Waals surface area (Å²) in [4.78, 5) is 29.6. The Hall–Kier alpha value is -2.34. The van der Waals surface area contributed by atoms with Crippen LogP contribution in [0.2, 0.25) is 0 Å². The molecule has 5 rings (SSSR count). The summed E-state index contributed by atoms with van der Waals surface area (Å²) >= 11 is 1.56. The molecular weight excluding hydrogens is 387 g/mol. The van der Waals surface area contributed by atoms with Crippen LogP contribution in [0.25, 0.3) is 0 Å². The van der Waals surface area contributed by atoms with Crippen molar-refractivity contribution < 1.29 is 14.0 Å². The molecule has 2 aromatic carbocycles. The zero-order valence-corrected chi connectivity index (χ0v) is 17.2. The van der Waals surface area contributed by atoms with Crippen LogP contribution in [0.3, 0.4) is 0 Å². The molecule has 2 aromatic rings. The third-order valence-corrected chi connectivity index (χ3v) is 7.72. The lowest BCUT2D eigenvalue weighted by molar-refractivity contribution is -0.145. The van der Waals surface area contributed by atoms with Gasteiger partial charge in [-0.05, 0) is 43.5 Å². The lowest BCUT2D eigenvalue weighted by Crippen LogP contribution is -2.52. The second-order valence-corrected chi connectivity index (χ2v) is 9.44. The van der Waals surface area contributed by atoms with Crippen LogP contribution in [0.15, 0.2) is 42.5 Å². The minimum Gasteiger partial charge on any atom is -0.315 e. The fourth-order valence-corrected chi connectivity index (χ4v) is 6.06. The molecule has 0 unspecified atom stereocenters. The molecule has 1 saturated heterocycles. The molecule has 0 N–H and O–H groups in total. The number of fused-ring (bicyclic) bond motifs is 2. The fourth-order valence-electron chi connectivity index (χ4n) is 4.60. The van der Waals surface area contributed by atoms with Gasteiger partial charge in [-0.1, -0.05) is 36.2 Å². The molecular formula is C23H23FN2O2S. The minimum atomic E-state index is -0.985. The second-order valence-electron chi connectivity index (χ2n) is 8.15. The summed E-state index contributed by atoms with van der Waals surface area (Å²) in [7, 11) is 0. The van der Waals surface area contributed by atoms with E-state index in [0.29, 0.717) is 13.1 Å². The third-order valence-electron chi connectivity index (χ3n) is 6.30. The van der Waals surface area contributed by atoms with Gasteiger partial charge < -0.3 is 9.80 Å². The maximum absolute atomic E-state index is 13.8. The number of carbonyl (C=O) groups is 2. The van der Waals surface area contributed by atoms with Crippen LogP contribution < -0.4 is 4.90 Å². The quantitative estimate of drug-likeness (QED) is 0.761. The van der Waals surface area contributed by atoms with Crippen molar-refractivity contribution in [2.24, 2.45) is 5.92 Å². The van der Waals surface area contributed by atoms with E-state index in [4.69, 9.17) is 0 Å². The van der Waals surface area contributed by atoms with Crippen LogP contribution in [0.4, 0.5) is 10.1 Å². The molecule has 4 nitrogen and oxygen atoms in total. The van der Waals surface area contributed by atoms with E-state index in [1.54, 1.807) is 22.7 Å². The van der Waals surface area contributed by atoms with Crippen molar-refractivity contribution in [2.75, 3.05) is 17.2 Å². The minimum absolute atomic E-state index is 0.0453. The smallest absolute Gasteiger partial charge is 0.268 e. The molecule has 1 atom stereocenters. The Labute approximate surface area is 174 Å². The SMILES string of the molecule is Cc1ccc2c(c1)[C@]1(SCCN1C(=O)C1CCC1)C(=O)N2Cc1cccc(F)c1. The maximum atomic E-state index is 13.8. The molecule has 2 heterocycles. The lowest BCUT2D eigenvalue weighted by Gasteiger charge is -2.37. The van der Waals surface area contributed by atoms with E-state index in [2.05, 4.69) is 0 Å². The normalized spacial score (nSPS) is 23.6. The monoisotopic (exact) mass is 410 g/mol. The molecule has 0 bridgehead atoms. The summed E-state index contributed by atoms with van der Waals surface area (Å²) in [5, 5.41) is 0. The van der Waals surface area contributed by atoms with Gasteiger partial charge in [-0.15, -0.1) is 11.8 Å². The summed E-state index contributed by atoms with van der Waals surface area (Å²) in [6.07, 6.45) is 2.91. The Morgan fingerprint density at radius 2 is 2.07 bits per heavy atom. The van der Waals surface area contributed by atoms with Crippen LogP contribution in [0.5, 0.6) is 0 Å². The molecule has 0 radical (unpaired) electrons. The number of nitrogens with zero attached hydrogens (tertiary/aromatic N) is 2. The molecule has 0 aromatic heterocycles. The van der Waals surface area contributed by atoms with Crippen molar-refractivity contribution in [2.45, 2.75) is 37.6 Å². The lowest BCUT2D eigenvalue weighted by atomic mass is 9.84. The summed E-state index contributed by atoms with van der Waals surface area (Å²) in [6, 6.07) is 12.3. The molecule has 2 fully saturated rings. The van der Waals surface area contributed by atoms with Crippen molar-refractivity contribution >= 4 is 29.3 Å². The highest BCUT2D eigenvalue weighted by Gasteiger charge is 2.60. The topological polar surface area (TPSA) is 40.6 Å². The average Bonchev–Trinajstić information content (AvgIpc) is 3.18.